The average Bonchev–Trinajstić information content (AvgIpc) is 2.87. The van der Waals surface area contributed by atoms with Gasteiger partial charge in [0.2, 0.25) is 5.91 Å². The van der Waals surface area contributed by atoms with Crippen molar-refractivity contribution in [3.63, 3.8) is 0 Å². The van der Waals surface area contributed by atoms with E-state index in [-0.39, 0.29) is 18.4 Å². The Morgan fingerprint density at radius 3 is 2.94 bits per heavy atom. The summed E-state index contributed by atoms with van der Waals surface area (Å²) in [5.74, 6) is -0.353. The Labute approximate surface area is 105 Å². The number of carbonyl (C=O) groups excluding carboxylic acids is 1. The Morgan fingerprint density at radius 1 is 1.50 bits per heavy atom. The molecule has 0 unspecified atom stereocenters. The second-order valence-corrected chi connectivity index (χ2v) is 4.25. The van der Waals surface area contributed by atoms with E-state index in [4.69, 9.17) is 5.11 Å². The van der Waals surface area contributed by atoms with Crippen LogP contribution >= 0.6 is 0 Å². The van der Waals surface area contributed by atoms with Crippen molar-refractivity contribution in [2.24, 2.45) is 5.92 Å². The molecule has 1 aromatic rings. The van der Waals surface area contributed by atoms with Gasteiger partial charge in [0.05, 0.1) is 18.2 Å². The number of hydrogen-bond acceptors (Lipinski definition) is 3. The predicted octanol–water partition coefficient (Wildman–Crippen LogP) is 0.698. The SMILES string of the molecule is O=C(NCc1ccccn1)[C@@H]1CCN(C(=O)O)C1. The Balaban J connectivity index is 1.81. The molecule has 0 spiro atoms. The van der Waals surface area contributed by atoms with Crippen molar-refractivity contribution in [2.45, 2.75) is 13.0 Å². The van der Waals surface area contributed by atoms with E-state index in [2.05, 4.69) is 10.3 Å². The van der Waals surface area contributed by atoms with Crippen molar-refractivity contribution in [3.8, 4) is 0 Å². The smallest absolute Gasteiger partial charge is 0.407 e. The molecule has 0 aromatic carbocycles. The van der Waals surface area contributed by atoms with Gasteiger partial charge in [0, 0.05) is 19.3 Å². The number of nitrogens with one attached hydrogen (secondary N) is 1. The maximum absolute atomic E-state index is 11.8. The fourth-order valence-electron chi connectivity index (χ4n) is 1.97. The molecular weight excluding hydrogens is 234 g/mol. The summed E-state index contributed by atoms with van der Waals surface area (Å²) in [4.78, 5) is 27.9. The van der Waals surface area contributed by atoms with Crippen LogP contribution in [0.25, 0.3) is 0 Å². The zero-order valence-electron chi connectivity index (χ0n) is 9.87. The lowest BCUT2D eigenvalue weighted by Gasteiger charge is -2.12. The van der Waals surface area contributed by atoms with Gasteiger partial charge < -0.3 is 15.3 Å². The van der Waals surface area contributed by atoms with Gasteiger partial charge in [-0.2, -0.15) is 0 Å². The number of nitrogens with zero attached hydrogens (tertiary/aromatic N) is 2. The third kappa shape index (κ3) is 2.97. The van der Waals surface area contributed by atoms with Gasteiger partial charge in [-0.1, -0.05) is 6.07 Å². The van der Waals surface area contributed by atoms with E-state index in [1.165, 1.54) is 4.90 Å². The minimum atomic E-state index is -0.963. The van der Waals surface area contributed by atoms with Gasteiger partial charge in [-0.3, -0.25) is 9.78 Å². The van der Waals surface area contributed by atoms with Crippen molar-refractivity contribution in [1.82, 2.24) is 15.2 Å². The van der Waals surface area contributed by atoms with Gasteiger partial charge in [-0.15, -0.1) is 0 Å². The van der Waals surface area contributed by atoms with E-state index in [1.807, 2.05) is 18.2 Å². The minimum absolute atomic E-state index is 0.107. The first kappa shape index (κ1) is 12.3. The molecule has 96 valence electrons. The minimum Gasteiger partial charge on any atom is -0.465 e. The molecule has 2 heterocycles. The lowest BCUT2D eigenvalue weighted by atomic mass is 10.1. The summed E-state index contributed by atoms with van der Waals surface area (Å²) < 4.78 is 0. The first-order valence-corrected chi connectivity index (χ1v) is 5.82. The molecule has 1 aromatic heterocycles. The number of amides is 2. The second-order valence-electron chi connectivity index (χ2n) is 4.25. The molecule has 0 bridgehead atoms. The fourth-order valence-corrected chi connectivity index (χ4v) is 1.97. The quantitative estimate of drug-likeness (QED) is 0.826. The summed E-state index contributed by atoms with van der Waals surface area (Å²) in [6.07, 6.45) is 1.29. The van der Waals surface area contributed by atoms with Crippen LogP contribution in [0.3, 0.4) is 0 Å². The number of carboxylic acid groups (broad SMARTS) is 1. The molecule has 1 aliphatic heterocycles. The van der Waals surface area contributed by atoms with Crippen molar-refractivity contribution < 1.29 is 14.7 Å². The summed E-state index contributed by atoms with van der Waals surface area (Å²) in [5.41, 5.74) is 0.791. The lowest BCUT2D eigenvalue weighted by molar-refractivity contribution is -0.124. The summed E-state index contributed by atoms with van der Waals surface area (Å²) in [6, 6.07) is 5.50. The lowest BCUT2D eigenvalue weighted by Crippen LogP contribution is -2.33. The first-order chi connectivity index (χ1) is 8.66. The fraction of sp³-hybridized carbons (Fsp3) is 0.417. The molecule has 2 amide bonds. The summed E-state index contributed by atoms with van der Waals surface area (Å²) in [5, 5.41) is 11.6. The van der Waals surface area contributed by atoms with Crippen LogP contribution in [0.1, 0.15) is 12.1 Å². The van der Waals surface area contributed by atoms with Crippen LogP contribution in [0.4, 0.5) is 4.79 Å². The zero-order valence-corrected chi connectivity index (χ0v) is 9.87. The number of rotatable bonds is 3. The molecule has 1 fully saturated rings. The predicted molar refractivity (Wildman–Crippen MR) is 63.8 cm³/mol. The molecule has 0 radical (unpaired) electrons. The van der Waals surface area contributed by atoms with Crippen LogP contribution in [-0.4, -0.2) is 40.1 Å². The normalized spacial score (nSPS) is 18.7. The number of hydrogen-bond donors (Lipinski definition) is 2. The van der Waals surface area contributed by atoms with Crippen LogP contribution in [0.15, 0.2) is 24.4 Å². The highest BCUT2D eigenvalue weighted by atomic mass is 16.4. The van der Waals surface area contributed by atoms with Crippen molar-refractivity contribution >= 4 is 12.0 Å². The van der Waals surface area contributed by atoms with E-state index in [9.17, 15) is 9.59 Å². The molecule has 2 N–H and O–H groups in total. The Kier molecular flexibility index (Phi) is 3.76. The van der Waals surface area contributed by atoms with Gasteiger partial charge in [-0.25, -0.2) is 4.79 Å². The highest BCUT2D eigenvalue weighted by Crippen LogP contribution is 2.16. The van der Waals surface area contributed by atoms with Crippen LogP contribution < -0.4 is 5.32 Å². The molecular formula is C12H15N3O3. The van der Waals surface area contributed by atoms with Gasteiger partial charge in [-0.05, 0) is 18.6 Å². The number of likely N-dealkylation sites (tertiary alicyclic amines) is 1. The number of aromatic nitrogens is 1. The monoisotopic (exact) mass is 249 g/mol. The third-order valence-corrected chi connectivity index (χ3v) is 3.00. The van der Waals surface area contributed by atoms with E-state index in [0.717, 1.165) is 5.69 Å². The van der Waals surface area contributed by atoms with Crippen LogP contribution in [0.5, 0.6) is 0 Å². The average molecular weight is 249 g/mol. The van der Waals surface area contributed by atoms with Crippen LogP contribution in [0, 0.1) is 5.92 Å². The molecule has 0 saturated carbocycles. The third-order valence-electron chi connectivity index (χ3n) is 3.00. The van der Waals surface area contributed by atoms with Crippen molar-refractivity contribution in [3.05, 3.63) is 30.1 Å². The number of carbonyl (C=O) groups is 2. The van der Waals surface area contributed by atoms with Gasteiger partial charge >= 0.3 is 6.09 Å². The largest absolute Gasteiger partial charge is 0.465 e. The number of pyridine rings is 1. The van der Waals surface area contributed by atoms with E-state index < -0.39 is 6.09 Å². The molecule has 6 nitrogen and oxygen atoms in total. The molecule has 18 heavy (non-hydrogen) atoms. The highest BCUT2D eigenvalue weighted by molar-refractivity contribution is 5.80. The molecule has 0 aliphatic carbocycles. The summed E-state index contributed by atoms with van der Waals surface area (Å²) >= 11 is 0. The topological polar surface area (TPSA) is 82.5 Å². The van der Waals surface area contributed by atoms with E-state index in [1.54, 1.807) is 6.20 Å². The van der Waals surface area contributed by atoms with E-state index in [0.29, 0.717) is 19.5 Å². The summed E-state index contributed by atoms with van der Waals surface area (Å²) in [6.45, 7) is 1.09. The second kappa shape index (κ2) is 5.48. The highest BCUT2D eigenvalue weighted by Gasteiger charge is 2.30. The van der Waals surface area contributed by atoms with Gasteiger partial charge in [0.25, 0.3) is 0 Å². The van der Waals surface area contributed by atoms with Crippen molar-refractivity contribution in [1.29, 1.82) is 0 Å². The maximum atomic E-state index is 11.8. The Morgan fingerprint density at radius 2 is 2.33 bits per heavy atom. The van der Waals surface area contributed by atoms with Gasteiger partial charge in [0.1, 0.15) is 0 Å². The molecule has 2 rings (SSSR count). The molecule has 1 aliphatic rings. The maximum Gasteiger partial charge on any atom is 0.407 e. The van der Waals surface area contributed by atoms with Crippen LogP contribution in [-0.2, 0) is 11.3 Å². The Hall–Kier alpha value is -2.11. The van der Waals surface area contributed by atoms with Gasteiger partial charge in [0.15, 0.2) is 0 Å². The molecule has 1 saturated heterocycles. The molecule has 6 heteroatoms. The Bertz CT molecular complexity index is 435. The van der Waals surface area contributed by atoms with Crippen LogP contribution in [0.2, 0.25) is 0 Å². The van der Waals surface area contributed by atoms with Crippen molar-refractivity contribution in [2.75, 3.05) is 13.1 Å². The molecule has 1 atom stereocenters. The standard InChI is InChI=1S/C12H15N3O3/c16-11(9-4-6-15(8-9)12(17)18)14-7-10-3-1-2-5-13-10/h1-3,5,9H,4,6-8H2,(H,14,16)(H,17,18)/t9-/m1/s1. The summed E-state index contributed by atoms with van der Waals surface area (Å²) in [7, 11) is 0. The zero-order chi connectivity index (χ0) is 13.0. The van der Waals surface area contributed by atoms with E-state index >= 15 is 0 Å². The first-order valence-electron chi connectivity index (χ1n) is 5.82.